The Labute approximate surface area is 69.0 Å². The highest BCUT2D eigenvalue weighted by atomic mass is 19.1. The monoisotopic (exact) mass is 166 g/mol. The summed E-state index contributed by atoms with van der Waals surface area (Å²) in [6.07, 6.45) is 0.0575. The minimum Gasteiger partial charge on any atom is -0.461 e. The normalized spacial score (nSPS) is 15.2. The van der Waals surface area contributed by atoms with E-state index in [0.717, 1.165) is 5.56 Å². The molecule has 0 fully saturated rings. The highest BCUT2D eigenvalue weighted by Crippen LogP contribution is 2.19. The van der Waals surface area contributed by atoms with Crippen molar-refractivity contribution in [2.45, 2.75) is 13.0 Å². The van der Waals surface area contributed by atoms with Gasteiger partial charge >= 0.3 is 5.97 Å². The lowest BCUT2D eigenvalue weighted by Crippen LogP contribution is -2.17. The quantitative estimate of drug-likeness (QED) is 0.545. The second-order valence-electron chi connectivity index (χ2n) is 2.71. The number of benzene rings is 1. The van der Waals surface area contributed by atoms with Crippen LogP contribution in [0.4, 0.5) is 4.39 Å². The first-order chi connectivity index (χ1) is 5.77. The molecule has 3 heteroatoms. The van der Waals surface area contributed by atoms with Gasteiger partial charge in [-0.15, -0.1) is 0 Å². The lowest BCUT2D eigenvalue weighted by atomic mass is 10.0. The van der Waals surface area contributed by atoms with Crippen LogP contribution in [0.3, 0.4) is 0 Å². The van der Waals surface area contributed by atoms with Crippen LogP contribution in [-0.4, -0.2) is 5.97 Å². The third kappa shape index (κ3) is 1.07. The van der Waals surface area contributed by atoms with E-state index in [9.17, 15) is 9.18 Å². The lowest BCUT2D eigenvalue weighted by molar-refractivity contribution is -0.145. The number of carbonyl (C=O) groups is 1. The summed E-state index contributed by atoms with van der Waals surface area (Å²) >= 11 is 0. The summed E-state index contributed by atoms with van der Waals surface area (Å²) in [5.74, 6) is -0.670. The molecule has 2 rings (SSSR count). The Kier molecular flexibility index (Phi) is 1.57. The van der Waals surface area contributed by atoms with Crippen molar-refractivity contribution in [2.75, 3.05) is 0 Å². The maximum Gasteiger partial charge on any atom is 0.310 e. The summed E-state index contributed by atoms with van der Waals surface area (Å²) in [7, 11) is 0. The first-order valence-electron chi connectivity index (χ1n) is 3.69. The van der Waals surface area contributed by atoms with E-state index in [1.165, 1.54) is 6.07 Å². The lowest BCUT2D eigenvalue weighted by Gasteiger charge is -2.15. The molecule has 0 N–H and O–H groups in total. The molecule has 0 bridgehead atoms. The van der Waals surface area contributed by atoms with E-state index < -0.39 is 0 Å². The Balaban J connectivity index is 2.50. The number of halogens is 1. The molecule has 1 aromatic carbocycles. The molecule has 62 valence electrons. The van der Waals surface area contributed by atoms with Gasteiger partial charge in [-0.25, -0.2) is 4.39 Å². The van der Waals surface area contributed by atoms with Crippen LogP contribution in [0.25, 0.3) is 0 Å². The molecule has 1 aromatic rings. The summed E-state index contributed by atoms with van der Waals surface area (Å²) in [5.41, 5.74) is 1.25. The van der Waals surface area contributed by atoms with Gasteiger partial charge in [-0.3, -0.25) is 4.79 Å². The van der Waals surface area contributed by atoms with Crippen molar-refractivity contribution in [2.24, 2.45) is 0 Å². The summed E-state index contributed by atoms with van der Waals surface area (Å²) in [4.78, 5) is 10.8. The zero-order valence-electron chi connectivity index (χ0n) is 6.34. The molecule has 1 aliphatic rings. The van der Waals surface area contributed by atoms with E-state index in [1.54, 1.807) is 12.1 Å². The largest absolute Gasteiger partial charge is 0.461 e. The highest BCUT2D eigenvalue weighted by molar-refractivity contribution is 5.74. The minimum absolute atomic E-state index is 0.0575. The summed E-state index contributed by atoms with van der Waals surface area (Å²) in [6, 6.07) is 4.75. The number of fused-ring (bicyclic) bond motifs is 1. The topological polar surface area (TPSA) is 26.3 Å². The third-order valence-electron chi connectivity index (χ3n) is 1.93. The first-order valence-corrected chi connectivity index (χ1v) is 3.69. The van der Waals surface area contributed by atoms with E-state index in [-0.39, 0.29) is 24.8 Å². The van der Waals surface area contributed by atoms with E-state index in [4.69, 9.17) is 4.74 Å². The van der Waals surface area contributed by atoms with Crippen molar-refractivity contribution < 1.29 is 13.9 Å². The maximum atomic E-state index is 13.0. The molecular formula is C9H7FO2. The van der Waals surface area contributed by atoms with Gasteiger partial charge in [0.15, 0.2) is 0 Å². The van der Waals surface area contributed by atoms with Gasteiger partial charge in [-0.1, -0.05) is 12.1 Å². The van der Waals surface area contributed by atoms with Crippen LogP contribution >= 0.6 is 0 Å². The van der Waals surface area contributed by atoms with Crippen LogP contribution in [0.15, 0.2) is 18.2 Å². The van der Waals surface area contributed by atoms with Crippen LogP contribution < -0.4 is 0 Å². The summed E-state index contributed by atoms with van der Waals surface area (Å²) in [6.45, 7) is 0.200. The van der Waals surface area contributed by atoms with Crippen molar-refractivity contribution in [3.8, 4) is 0 Å². The molecule has 0 spiro atoms. The van der Waals surface area contributed by atoms with Gasteiger partial charge in [0.25, 0.3) is 0 Å². The number of ether oxygens (including phenoxy) is 1. The summed E-state index contributed by atoms with van der Waals surface area (Å²) in [5, 5.41) is 0. The standard InChI is InChI=1S/C9H7FO2/c10-8-3-1-2-6-5-12-9(11)4-7(6)8/h1-3H,4-5H2. The highest BCUT2D eigenvalue weighted by Gasteiger charge is 2.18. The fourth-order valence-electron chi connectivity index (χ4n) is 1.29. The van der Waals surface area contributed by atoms with Gasteiger partial charge in [0.05, 0.1) is 6.42 Å². The Morgan fingerprint density at radius 3 is 3.08 bits per heavy atom. The SMILES string of the molecule is O=C1Cc2c(F)cccc2CO1. The number of hydrogen-bond acceptors (Lipinski definition) is 2. The van der Waals surface area contributed by atoms with Crippen LogP contribution in [-0.2, 0) is 22.6 Å². The molecule has 2 nitrogen and oxygen atoms in total. The van der Waals surface area contributed by atoms with Gasteiger partial charge < -0.3 is 4.74 Å². The van der Waals surface area contributed by atoms with E-state index in [1.807, 2.05) is 0 Å². The fraction of sp³-hybridized carbons (Fsp3) is 0.222. The van der Waals surface area contributed by atoms with Gasteiger partial charge in [0.2, 0.25) is 0 Å². The Bertz CT molecular complexity index is 333. The van der Waals surface area contributed by atoms with E-state index in [0.29, 0.717) is 5.56 Å². The Morgan fingerprint density at radius 1 is 1.42 bits per heavy atom. The van der Waals surface area contributed by atoms with Crippen molar-refractivity contribution in [3.63, 3.8) is 0 Å². The van der Waals surface area contributed by atoms with Gasteiger partial charge in [0, 0.05) is 5.56 Å². The number of rotatable bonds is 0. The van der Waals surface area contributed by atoms with Crippen molar-refractivity contribution >= 4 is 5.97 Å². The van der Waals surface area contributed by atoms with Crippen molar-refractivity contribution in [1.29, 1.82) is 0 Å². The molecule has 0 amide bonds. The predicted molar refractivity (Wildman–Crippen MR) is 39.9 cm³/mol. The van der Waals surface area contributed by atoms with Gasteiger partial charge in [-0.05, 0) is 11.6 Å². The molecule has 0 aromatic heterocycles. The molecule has 1 heterocycles. The predicted octanol–water partition coefficient (Wildman–Crippen LogP) is 1.43. The molecule has 0 saturated heterocycles. The van der Waals surface area contributed by atoms with Gasteiger partial charge in [-0.2, -0.15) is 0 Å². The van der Waals surface area contributed by atoms with Crippen LogP contribution in [0.1, 0.15) is 11.1 Å². The van der Waals surface area contributed by atoms with Crippen LogP contribution in [0.5, 0.6) is 0 Å². The molecule has 0 radical (unpaired) electrons. The van der Waals surface area contributed by atoms with Crippen LogP contribution in [0, 0.1) is 5.82 Å². The second kappa shape index (κ2) is 2.59. The molecular weight excluding hydrogens is 159 g/mol. The van der Waals surface area contributed by atoms with Gasteiger partial charge in [0.1, 0.15) is 12.4 Å². The molecule has 0 aliphatic carbocycles. The average Bonchev–Trinajstić information content (AvgIpc) is 2.07. The van der Waals surface area contributed by atoms with Crippen molar-refractivity contribution in [1.82, 2.24) is 0 Å². The Morgan fingerprint density at radius 2 is 2.25 bits per heavy atom. The fourth-order valence-corrected chi connectivity index (χ4v) is 1.29. The zero-order valence-corrected chi connectivity index (χ0v) is 6.34. The molecule has 1 aliphatic heterocycles. The maximum absolute atomic E-state index is 13.0. The smallest absolute Gasteiger partial charge is 0.310 e. The summed E-state index contributed by atoms with van der Waals surface area (Å²) < 4.78 is 17.8. The van der Waals surface area contributed by atoms with E-state index >= 15 is 0 Å². The number of esters is 1. The molecule has 0 saturated carbocycles. The molecule has 12 heavy (non-hydrogen) atoms. The molecule has 0 atom stereocenters. The second-order valence-corrected chi connectivity index (χ2v) is 2.71. The number of cyclic esters (lactones) is 1. The third-order valence-corrected chi connectivity index (χ3v) is 1.93. The first kappa shape index (κ1) is 7.28. The average molecular weight is 166 g/mol. The number of hydrogen-bond donors (Lipinski definition) is 0. The Hall–Kier alpha value is -1.38. The van der Waals surface area contributed by atoms with Crippen LogP contribution in [0.2, 0.25) is 0 Å². The van der Waals surface area contributed by atoms with E-state index in [2.05, 4.69) is 0 Å². The number of carbonyl (C=O) groups excluding carboxylic acids is 1. The zero-order chi connectivity index (χ0) is 8.55. The van der Waals surface area contributed by atoms with Crippen molar-refractivity contribution in [3.05, 3.63) is 35.1 Å². The molecule has 0 unspecified atom stereocenters. The minimum atomic E-state index is -0.354.